The molecule has 1 fully saturated rings. The largest absolute Gasteiger partial charge is 0.374 e. The van der Waals surface area contributed by atoms with Crippen LogP contribution in [0.5, 0.6) is 0 Å². The monoisotopic (exact) mass is 326 g/mol. The van der Waals surface area contributed by atoms with E-state index in [0.29, 0.717) is 19.2 Å². The first-order chi connectivity index (χ1) is 10.7. The van der Waals surface area contributed by atoms with E-state index < -0.39 is 23.1 Å². The Labute approximate surface area is 133 Å². The van der Waals surface area contributed by atoms with Gasteiger partial charge in [0.25, 0.3) is 5.91 Å². The zero-order chi connectivity index (χ0) is 17.2. The van der Waals surface area contributed by atoms with Gasteiger partial charge in [-0.25, -0.2) is 8.78 Å². The number of nitrogens with one attached hydrogen (secondary N) is 1. The summed E-state index contributed by atoms with van der Waals surface area (Å²) in [6, 6.07) is 2.67. The maximum Gasteiger partial charge on any atom is 0.254 e. The molecule has 0 radical (unpaired) electrons. The second kappa shape index (κ2) is 6.62. The van der Waals surface area contributed by atoms with Gasteiger partial charge in [-0.05, 0) is 32.9 Å². The summed E-state index contributed by atoms with van der Waals surface area (Å²) in [4.78, 5) is 25.9. The number of ether oxygens (including phenoxy) is 1. The zero-order valence-electron chi connectivity index (χ0n) is 13.4. The standard InChI is InChI=1S/C16H20F2N2O3/c1-10-8-20(16(2,3)9-23-10)14(21)7-19-15(22)12-5-4-11(17)6-13(12)18/h4-6,10H,7-9H2,1-3H3,(H,19,22). The smallest absolute Gasteiger partial charge is 0.254 e. The summed E-state index contributed by atoms with van der Waals surface area (Å²) in [7, 11) is 0. The molecular weight excluding hydrogens is 306 g/mol. The lowest BCUT2D eigenvalue weighted by Gasteiger charge is -2.44. The maximum absolute atomic E-state index is 13.5. The van der Waals surface area contributed by atoms with E-state index >= 15 is 0 Å². The normalized spacial score (nSPS) is 20.2. The third-order valence-corrected chi connectivity index (χ3v) is 3.77. The fourth-order valence-electron chi connectivity index (χ4n) is 2.44. The van der Waals surface area contributed by atoms with Crippen molar-refractivity contribution < 1.29 is 23.1 Å². The Bertz CT molecular complexity index is 619. The lowest BCUT2D eigenvalue weighted by atomic mass is 10.0. The predicted octanol–water partition coefficient (Wildman–Crippen LogP) is 1.72. The van der Waals surface area contributed by atoms with E-state index in [1.54, 1.807) is 4.90 Å². The predicted molar refractivity (Wildman–Crippen MR) is 79.9 cm³/mol. The molecule has 1 unspecified atom stereocenters. The second-order valence-corrected chi connectivity index (χ2v) is 6.25. The van der Waals surface area contributed by atoms with Crippen molar-refractivity contribution in [1.82, 2.24) is 10.2 Å². The van der Waals surface area contributed by atoms with Crippen molar-refractivity contribution in [2.24, 2.45) is 0 Å². The second-order valence-electron chi connectivity index (χ2n) is 6.25. The fraction of sp³-hybridized carbons (Fsp3) is 0.500. The summed E-state index contributed by atoms with van der Waals surface area (Å²) in [6.07, 6.45) is -0.0859. The van der Waals surface area contributed by atoms with Crippen LogP contribution in [0.25, 0.3) is 0 Å². The van der Waals surface area contributed by atoms with Gasteiger partial charge in [-0.1, -0.05) is 0 Å². The quantitative estimate of drug-likeness (QED) is 0.920. The maximum atomic E-state index is 13.5. The van der Waals surface area contributed by atoms with E-state index in [0.717, 1.165) is 12.1 Å². The van der Waals surface area contributed by atoms with E-state index in [9.17, 15) is 18.4 Å². The minimum absolute atomic E-state index is 0.0859. The van der Waals surface area contributed by atoms with E-state index in [2.05, 4.69) is 5.32 Å². The highest BCUT2D eigenvalue weighted by atomic mass is 19.1. The molecule has 126 valence electrons. The summed E-state index contributed by atoms with van der Waals surface area (Å²) in [5, 5.41) is 2.38. The molecule has 0 bridgehead atoms. The molecule has 1 saturated heterocycles. The number of morpholine rings is 1. The minimum Gasteiger partial charge on any atom is -0.374 e. The molecule has 1 aliphatic heterocycles. The molecule has 0 aliphatic carbocycles. The molecule has 0 saturated carbocycles. The molecule has 7 heteroatoms. The SMILES string of the molecule is CC1CN(C(=O)CNC(=O)c2ccc(F)cc2F)C(C)(C)CO1. The van der Waals surface area contributed by atoms with E-state index in [1.807, 2.05) is 20.8 Å². The van der Waals surface area contributed by atoms with Crippen LogP contribution in [0.2, 0.25) is 0 Å². The number of carbonyl (C=O) groups is 2. The van der Waals surface area contributed by atoms with Crippen LogP contribution in [0.1, 0.15) is 31.1 Å². The van der Waals surface area contributed by atoms with Crippen LogP contribution in [0.4, 0.5) is 8.78 Å². The Balaban J connectivity index is 1.99. The summed E-state index contributed by atoms with van der Waals surface area (Å²) in [5.41, 5.74) is -0.774. The lowest BCUT2D eigenvalue weighted by Crippen LogP contribution is -2.59. The molecule has 1 aromatic rings. The molecule has 0 spiro atoms. The van der Waals surface area contributed by atoms with Crippen molar-refractivity contribution in [2.45, 2.75) is 32.4 Å². The van der Waals surface area contributed by atoms with Crippen molar-refractivity contribution in [2.75, 3.05) is 19.7 Å². The average Bonchev–Trinajstić information content (AvgIpc) is 2.47. The Morgan fingerprint density at radius 1 is 1.39 bits per heavy atom. The lowest BCUT2D eigenvalue weighted by molar-refractivity contribution is -0.151. The van der Waals surface area contributed by atoms with Crippen molar-refractivity contribution >= 4 is 11.8 Å². The molecule has 23 heavy (non-hydrogen) atoms. The van der Waals surface area contributed by atoms with Crippen LogP contribution in [-0.4, -0.2) is 48.1 Å². The topological polar surface area (TPSA) is 58.6 Å². The Hall–Kier alpha value is -2.02. The van der Waals surface area contributed by atoms with Crippen molar-refractivity contribution in [3.8, 4) is 0 Å². The highest BCUT2D eigenvalue weighted by molar-refractivity contribution is 5.96. The zero-order valence-corrected chi connectivity index (χ0v) is 13.4. The van der Waals surface area contributed by atoms with Gasteiger partial charge in [0, 0.05) is 12.6 Å². The number of nitrogens with zero attached hydrogens (tertiary/aromatic N) is 1. The van der Waals surface area contributed by atoms with Crippen LogP contribution in [-0.2, 0) is 9.53 Å². The van der Waals surface area contributed by atoms with Crippen LogP contribution < -0.4 is 5.32 Å². The van der Waals surface area contributed by atoms with Crippen molar-refractivity contribution in [3.05, 3.63) is 35.4 Å². The minimum atomic E-state index is -0.963. The first-order valence-corrected chi connectivity index (χ1v) is 7.36. The van der Waals surface area contributed by atoms with Crippen LogP contribution in [0, 0.1) is 11.6 Å². The van der Waals surface area contributed by atoms with E-state index in [-0.39, 0.29) is 24.1 Å². The van der Waals surface area contributed by atoms with Gasteiger partial charge in [-0.15, -0.1) is 0 Å². The van der Waals surface area contributed by atoms with Crippen LogP contribution in [0.15, 0.2) is 18.2 Å². The van der Waals surface area contributed by atoms with Crippen LogP contribution >= 0.6 is 0 Å². The Morgan fingerprint density at radius 3 is 2.74 bits per heavy atom. The molecule has 0 aromatic heterocycles. The Kier molecular flexibility index (Phi) is 4.99. The molecule has 5 nitrogen and oxygen atoms in total. The summed E-state index contributed by atoms with van der Waals surface area (Å²) in [6.45, 7) is 6.18. The van der Waals surface area contributed by atoms with Gasteiger partial charge < -0.3 is 15.0 Å². The average molecular weight is 326 g/mol. The van der Waals surface area contributed by atoms with Gasteiger partial charge in [0.1, 0.15) is 11.6 Å². The molecule has 1 aliphatic rings. The molecule has 1 aromatic carbocycles. The van der Waals surface area contributed by atoms with Gasteiger partial charge in [-0.2, -0.15) is 0 Å². The van der Waals surface area contributed by atoms with Crippen molar-refractivity contribution in [3.63, 3.8) is 0 Å². The third kappa shape index (κ3) is 4.04. The fourth-order valence-corrected chi connectivity index (χ4v) is 2.44. The number of rotatable bonds is 3. The first-order valence-electron chi connectivity index (χ1n) is 7.36. The van der Waals surface area contributed by atoms with Gasteiger partial charge >= 0.3 is 0 Å². The summed E-state index contributed by atoms with van der Waals surface area (Å²) >= 11 is 0. The van der Waals surface area contributed by atoms with E-state index in [4.69, 9.17) is 4.74 Å². The molecule has 2 amide bonds. The molecule has 1 heterocycles. The van der Waals surface area contributed by atoms with Gasteiger partial charge in [0.2, 0.25) is 5.91 Å². The van der Waals surface area contributed by atoms with Crippen LogP contribution in [0.3, 0.4) is 0 Å². The van der Waals surface area contributed by atoms with Gasteiger partial charge in [0.05, 0.1) is 30.4 Å². The van der Waals surface area contributed by atoms with E-state index in [1.165, 1.54) is 0 Å². The Morgan fingerprint density at radius 2 is 2.09 bits per heavy atom. The highest BCUT2D eigenvalue weighted by Gasteiger charge is 2.36. The van der Waals surface area contributed by atoms with Gasteiger partial charge in [-0.3, -0.25) is 9.59 Å². The number of hydrogen-bond donors (Lipinski definition) is 1. The number of carbonyl (C=O) groups excluding carboxylic acids is 2. The third-order valence-electron chi connectivity index (χ3n) is 3.77. The number of benzene rings is 1. The molecule has 2 rings (SSSR count). The summed E-state index contributed by atoms with van der Waals surface area (Å²) < 4.78 is 31.9. The molecular formula is C16H20F2N2O3. The van der Waals surface area contributed by atoms with Crippen molar-refractivity contribution in [1.29, 1.82) is 0 Å². The number of amides is 2. The molecule has 1 N–H and O–H groups in total. The number of hydrogen-bond acceptors (Lipinski definition) is 3. The number of halogens is 2. The molecule has 1 atom stereocenters. The first kappa shape index (κ1) is 17.3. The summed E-state index contributed by atoms with van der Waals surface area (Å²) in [5.74, 6) is -2.76. The van der Waals surface area contributed by atoms with Gasteiger partial charge in [0.15, 0.2) is 0 Å². The highest BCUT2D eigenvalue weighted by Crippen LogP contribution is 2.21.